The predicted octanol–water partition coefficient (Wildman–Crippen LogP) is 6.09. The summed E-state index contributed by atoms with van der Waals surface area (Å²) in [7, 11) is 1.55. The third-order valence-electron chi connectivity index (χ3n) is 5.79. The number of ether oxygens (including phenoxy) is 2. The highest BCUT2D eigenvalue weighted by molar-refractivity contribution is 9.10. The van der Waals surface area contributed by atoms with Crippen LogP contribution in [0.5, 0.6) is 11.5 Å². The normalized spacial score (nSPS) is 11.2. The van der Waals surface area contributed by atoms with Crippen LogP contribution in [0.3, 0.4) is 0 Å². The van der Waals surface area contributed by atoms with E-state index in [2.05, 4.69) is 26.2 Å². The number of H-pyrrole nitrogens is 1. The Kier molecular flexibility index (Phi) is 8.09. The summed E-state index contributed by atoms with van der Waals surface area (Å²) >= 11 is 3.54. The number of hydrogen-bond donors (Lipinski definition) is 2. The number of nitriles is 1. The number of aryl methyl sites for hydroxylation is 1. The van der Waals surface area contributed by atoms with Crippen LogP contribution in [0.25, 0.3) is 17.0 Å². The summed E-state index contributed by atoms with van der Waals surface area (Å²) < 4.78 is 12.2. The van der Waals surface area contributed by atoms with Crippen LogP contribution in [0.2, 0.25) is 0 Å². The van der Waals surface area contributed by atoms with Crippen molar-refractivity contribution in [3.8, 4) is 17.6 Å². The Bertz CT molecular complexity index is 1450. The third-order valence-corrected chi connectivity index (χ3v) is 6.38. The lowest BCUT2D eigenvalue weighted by molar-refractivity contribution is -0.117. The average molecular weight is 544 g/mol. The highest BCUT2D eigenvalue weighted by Gasteiger charge is 2.14. The van der Waals surface area contributed by atoms with Gasteiger partial charge in [-0.15, -0.1) is 0 Å². The van der Waals surface area contributed by atoms with Crippen LogP contribution in [-0.2, 0) is 17.8 Å². The number of aromatic nitrogens is 1. The van der Waals surface area contributed by atoms with E-state index < -0.39 is 5.91 Å². The number of hydrogen-bond acceptors (Lipinski definition) is 4. The molecule has 1 heterocycles. The maximum Gasteiger partial charge on any atom is 0.261 e. The Balaban J connectivity index is 1.43. The summed E-state index contributed by atoms with van der Waals surface area (Å²) in [5.74, 6) is 0.629. The van der Waals surface area contributed by atoms with Gasteiger partial charge < -0.3 is 19.8 Å². The van der Waals surface area contributed by atoms with Crippen LogP contribution in [-0.4, -0.2) is 24.5 Å². The van der Waals surface area contributed by atoms with E-state index in [0.29, 0.717) is 41.1 Å². The van der Waals surface area contributed by atoms with Crippen LogP contribution in [0.4, 0.5) is 0 Å². The lowest BCUT2D eigenvalue weighted by Gasteiger charge is -2.14. The molecule has 0 bridgehead atoms. The molecule has 0 saturated heterocycles. The second-order valence-electron chi connectivity index (χ2n) is 8.34. The number of methoxy groups -OCH3 is 1. The van der Waals surface area contributed by atoms with Crippen molar-refractivity contribution < 1.29 is 14.3 Å². The van der Waals surface area contributed by atoms with Gasteiger partial charge in [0.2, 0.25) is 0 Å². The first-order chi connectivity index (χ1) is 17.5. The summed E-state index contributed by atoms with van der Waals surface area (Å²) in [5, 5.41) is 13.6. The SMILES string of the molecule is COc1cc(/C=C(/C#N)C(=O)NCCc2c[nH]c3ccccc23)cc(Br)c1OCc1ccc(C)cc1. The molecule has 4 aromatic rings. The number of benzene rings is 3. The molecule has 3 aromatic carbocycles. The second kappa shape index (κ2) is 11.6. The van der Waals surface area contributed by atoms with Crippen LogP contribution < -0.4 is 14.8 Å². The molecule has 1 aromatic heterocycles. The number of carbonyl (C=O) groups excluding carboxylic acids is 1. The van der Waals surface area contributed by atoms with E-state index >= 15 is 0 Å². The van der Waals surface area contributed by atoms with Crippen molar-refractivity contribution in [3.05, 3.63) is 99.2 Å². The van der Waals surface area contributed by atoms with Crippen molar-refractivity contribution in [1.82, 2.24) is 10.3 Å². The molecule has 0 radical (unpaired) electrons. The molecule has 0 aliphatic carbocycles. The molecular weight excluding hydrogens is 518 g/mol. The lowest BCUT2D eigenvalue weighted by atomic mass is 10.1. The molecule has 182 valence electrons. The minimum atomic E-state index is -0.424. The largest absolute Gasteiger partial charge is 0.493 e. The van der Waals surface area contributed by atoms with Gasteiger partial charge in [-0.1, -0.05) is 48.0 Å². The Labute approximate surface area is 218 Å². The molecule has 36 heavy (non-hydrogen) atoms. The first-order valence-corrected chi connectivity index (χ1v) is 12.3. The summed E-state index contributed by atoms with van der Waals surface area (Å²) in [5.41, 5.74) is 5.05. The lowest BCUT2D eigenvalue weighted by Crippen LogP contribution is -2.26. The Morgan fingerprint density at radius 3 is 2.69 bits per heavy atom. The van der Waals surface area contributed by atoms with E-state index in [-0.39, 0.29) is 5.57 Å². The van der Waals surface area contributed by atoms with Crippen molar-refractivity contribution in [1.29, 1.82) is 5.26 Å². The van der Waals surface area contributed by atoms with E-state index in [1.54, 1.807) is 19.2 Å². The molecule has 0 spiro atoms. The van der Waals surface area contributed by atoms with Gasteiger partial charge in [0, 0.05) is 23.6 Å². The fraction of sp³-hybridized carbons (Fsp3) is 0.172. The Morgan fingerprint density at radius 1 is 1.17 bits per heavy atom. The van der Waals surface area contributed by atoms with Crippen molar-refractivity contribution in [3.63, 3.8) is 0 Å². The zero-order chi connectivity index (χ0) is 25.5. The van der Waals surface area contributed by atoms with Gasteiger partial charge in [0.05, 0.1) is 11.6 Å². The molecule has 0 unspecified atom stereocenters. The molecule has 4 rings (SSSR count). The molecule has 0 atom stereocenters. The van der Waals surface area contributed by atoms with Gasteiger partial charge in [0.25, 0.3) is 5.91 Å². The first kappa shape index (κ1) is 25.1. The monoisotopic (exact) mass is 543 g/mol. The minimum Gasteiger partial charge on any atom is -0.493 e. The molecule has 0 aliphatic heterocycles. The number of nitrogens with one attached hydrogen (secondary N) is 2. The van der Waals surface area contributed by atoms with E-state index in [9.17, 15) is 10.1 Å². The summed E-state index contributed by atoms with van der Waals surface area (Å²) in [6.07, 6.45) is 4.14. The molecule has 0 fully saturated rings. The maximum absolute atomic E-state index is 12.7. The van der Waals surface area contributed by atoms with Gasteiger partial charge in [0.1, 0.15) is 18.2 Å². The second-order valence-corrected chi connectivity index (χ2v) is 9.20. The number of para-hydroxylation sites is 1. The molecule has 2 N–H and O–H groups in total. The number of amides is 1. The number of carbonyl (C=O) groups is 1. The summed E-state index contributed by atoms with van der Waals surface area (Å²) in [6.45, 7) is 2.83. The maximum atomic E-state index is 12.7. The van der Waals surface area contributed by atoms with Crippen molar-refractivity contribution in [2.24, 2.45) is 0 Å². The number of halogens is 1. The summed E-state index contributed by atoms with van der Waals surface area (Å²) in [6, 6.07) is 21.7. The number of rotatable bonds is 9. The molecular formula is C29H26BrN3O3. The van der Waals surface area contributed by atoms with Gasteiger partial charge in [-0.05, 0) is 70.2 Å². The number of aromatic amines is 1. The number of nitrogens with zero attached hydrogens (tertiary/aromatic N) is 1. The van der Waals surface area contributed by atoms with E-state index in [1.807, 2.05) is 67.7 Å². The smallest absolute Gasteiger partial charge is 0.261 e. The fourth-order valence-corrected chi connectivity index (χ4v) is 4.44. The average Bonchev–Trinajstić information content (AvgIpc) is 3.30. The van der Waals surface area contributed by atoms with Gasteiger partial charge in [0.15, 0.2) is 11.5 Å². The number of fused-ring (bicyclic) bond motifs is 1. The molecule has 6 nitrogen and oxygen atoms in total. The predicted molar refractivity (Wildman–Crippen MR) is 145 cm³/mol. The molecule has 7 heteroatoms. The fourth-order valence-electron chi connectivity index (χ4n) is 3.86. The standard InChI is InChI=1S/C29H26BrN3O3/c1-19-7-9-20(10-8-19)18-36-28-25(30)14-21(15-27(28)35-2)13-23(16-31)29(34)32-12-11-22-17-33-26-6-4-3-5-24(22)26/h3-10,13-15,17,33H,11-12,18H2,1-2H3,(H,32,34)/b23-13-. The van der Waals surface area contributed by atoms with Crippen LogP contribution in [0.1, 0.15) is 22.3 Å². The minimum absolute atomic E-state index is 0.0104. The van der Waals surface area contributed by atoms with Crippen LogP contribution in [0, 0.1) is 18.3 Å². The van der Waals surface area contributed by atoms with Crippen LogP contribution >= 0.6 is 15.9 Å². The van der Waals surface area contributed by atoms with Gasteiger partial charge in [-0.3, -0.25) is 4.79 Å². The first-order valence-electron chi connectivity index (χ1n) is 11.5. The van der Waals surface area contributed by atoms with Crippen molar-refractivity contribution >= 4 is 38.8 Å². The Hall–Kier alpha value is -4.02. The Morgan fingerprint density at radius 2 is 1.94 bits per heavy atom. The van der Waals surface area contributed by atoms with Gasteiger partial charge in [-0.25, -0.2) is 0 Å². The molecule has 0 aliphatic rings. The van der Waals surface area contributed by atoms with Crippen molar-refractivity contribution in [2.45, 2.75) is 20.0 Å². The van der Waals surface area contributed by atoms with E-state index in [4.69, 9.17) is 9.47 Å². The quantitative estimate of drug-likeness (QED) is 0.197. The zero-order valence-corrected chi connectivity index (χ0v) is 21.7. The summed E-state index contributed by atoms with van der Waals surface area (Å²) in [4.78, 5) is 15.9. The van der Waals surface area contributed by atoms with E-state index in [1.165, 1.54) is 11.6 Å². The van der Waals surface area contributed by atoms with Crippen LogP contribution in [0.15, 0.2) is 76.9 Å². The molecule has 1 amide bonds. The van der Waals surface area contributed by atoms with Crippen molar-refractivity contribution in [2.75, 3.05) is 13.7 Å². The van der Waals surface area contributed by atoms with Gasteiger partial charge in [-0.2, -0.15) is 5.26 Å². The van der Waals surface area contributed by atoms with E-state index in [0.717, 1.165) is 22.0 Å². The van der Waals surface area contributed by atoms with Gasteiger partial charge >= 0.3 is 0 Å². The topological polar surface area (TPSA) is 87.1 Å². The highest BCUT2D eigenvalue weighted by atomic mass is 79.9. The third kappa shape index (κ3) is 5.96. The molecule has 0 saturated carbocycles. The zero-order valence-electron chi connectivity index (χ0n) is 20.1. The highest BCUT2D eigenvalue weighted by Crippen LogP contribution is 2.37.